The minimum Gasteiger partial charge on any atom is -0.486 e. The summed E-state index contributed by atoms with van der Waals surface area (Å²) in [7, 11) is 0. The number of amides is 1. The number of hydrogen-bond donors (Lipinski definition) is 0. The maximum Gasteiger partial charge on any atom is 0.265 e. The van der Waals surface area contributed by atoms with Crippen LogP contribution in [-0.4, -0.2) is 29.9 Å². The van der Waals surface area contributed by atoms with Crippen molar-refractivity contribution in [1.82, 2.24) is 0 Å². The molecule has 0 fully saturated rings. The number of benzene rings is 2. The smallest absolute Gasteiger partial charge is 0.265 e. The van der Waals surface area contributed by atoms with Gasteiger partial charge in [0.25, 0.3) is 5.91 Å². The first-order valence-electron chi connectivity index (χ1n) is 9.13. The van der Waals surface area contributed by atoms with E-state index in [1.807, 2.05) is 58.0 Å². The normalized spacial score (nSPS) is 15.1. The Morgan fingerprint density at radius 3 is 2.56 bits per heavy atom. The number of carbonyl (C=O) groups is 2. The van der Waals surface area contributed by atoms with Gasteiger partial charge >= 0.3 is 0 Å². The lowest BCUT2D eigenvalue weighted by Gasteiger charge is -2.31. The van der Waals surface area contributed by atoms with Crippen molar-refractivity contribution in [3.63, 3.8) is 0 Å². The molecule has 1 amide bonds. The average molecular weight is 367 g/mol. The zero-order chi connectivity index (χ0) is 19.6. The van der Waals surface area contributed by atoms with E-state index in [2.05, 4.69) is 0 Å². The Balaban J connectivity index is 1.73. The Bertz CT molecular complexity index is 843. The second-order valence-corrected chi connectivity index (χ2v) is 7.60. The molecular weight excluding hydrogens is 342 g/mol. The summed E-state index contributed by atoms with van der Waals surface area (Å²) >= 11 is 0. The standard InChI is InChI=1S/C22H25NO4/c1-15(2)23(16-8-6-5-7-9-16)21(25)14-26-17-10-11-18-19(24)13-22(3,4)27-20(18)12-17/h5-12,15H,13-14H2,1-4H3. The predicted molar refractivity (Wildman–Crippen MR) is 105 cm³/mol. The highest BCUT2D eigenvalue weighted by molar-refractivity contribution is 6.00. The zero-order valence-electron chi connectivity index (χ0n) is 16.2. The molecule has 1 heterocycles. The molecular formula is C22H25NO4. The van der Waals surface area contributed by atoms with Crippen molar-refractivity contribution >= 4 is 17.4 Å². The van der Waals surface area contributed by atoms with E-state index in [-0.39, 0.29) is 24.3 Å². The molecule has 0 radical (unpaired) electrons. The van der Waals surface area contributed by atoms with E-state index in [1.165, 1.54) is 0 Å². The number of nitrogens with zero attached hydrogens (tertiary/aromatic N) is 1. The van der Waals surface area contributed by atoms with Gasteiger partial charge in [0.1, 0.15) is 17.1 Å². The van der Waals surface area contributed by atoms with Gasteiger partial charge in [0, 0.05) is 17.8 Å². The lowest BCUT2D eigenvalue weighted by molar-refractivity contribution is -0.120. The molecule has 0 N–H and O–H groups in total. The number of ether oxygens (including phenoxy) is 2. The van der Waals surface area contributed by atoms with Gasteiger partial charge in [-0.15, -0.1) is 0 Å². The van der Waals surface area contributed by atoms with Crippen molar-refractivity contribution in [3.05, 3.63) is 54.1 Å². The predicted octanol–water partition coefficient (Wildman–Crippen LogP) is 4.25. The molecule has 5 nitrogen and oxygen atoms in total. The van der Waals surface area contributed by atoms with Gasteiger partial charge in [-0.1, -0.05) is 18.2 Å². The first kappa shape index (κ1) is 19.0. The topological polar surface area (TPSA) is 55.8 Å². The summed E-state index contributed by atoms with van der Waals surface area (Å²) in [5, 5.41) is 0. The Kier molecular flexibility index (Phi) is 5.22. The van der Waals surface area contributed by atoms with Crippen LogP contribution in [0.4, 0.5) is 5.69 Å². The number of fused-ring (bicyclic) bond motifs is 1. The molecule has 0 saturated carbocycles. The van der Waals surface area contributed by atoms with E-state index < -0.39 is 5.60 Å². The Labute approximate surface area is 159 Å². The summed E-state index contributed by atoms with van der Waals surface area (Å²) in [5.74, 6) is 0.930. The number of rotatable bonds is 5. The Morgan fingerprint density at radius 2 is 1.89 bits per heavy atom. The largest absolute Gasteiger partial charge is 0.486 e. The van der Waals surface area contributed by atoms with Crippen LogP contribution in [-0.2, 0) is 4.79 Å². The number of Topliss-reactive ketones (excluding diaryl/α,β-unsaturated/α-hetero) is 1. The lowest BCUT2D eigenvalue weighted by atomic mass is 9.93. The number of anilines is 1. The van der Waals surface area contributed by atoms with Crippen molar-refractivity contribution in [3.8, 4) is 11.5 Å². The van der Waals surface area contributed by atoms with E-state index in [1.54, 1.807) is 23.1 Å². The van der Waals surface area contributed by atoms with E-state index in [0.29, 0.717) is 23.5 Å². The molecule has 0 bridgehead atoms. The van der Waals surface area contributed by atoms with Crippen molar-refractivity contribution < 1.29 is 19.1 Å². The van der Waals surface area contributed by atoms with Gasteiger partial charge in [-0.2, -0.15) is 0 Å². The summed E-state index contributed by atoms with van der Waals surface area (Å²) < 4.78 is 11.6. The molecule has 2 aromatic carbocycles. The third-order valence-corrected chi connectivity index (χ3v) is 4.41. The first-order chi connectivity index (χ1) is 12.8. The van der Waals surface area contributed by atoms with E-state index in [4.69, 9.17) is 9.47 Å². The minimum atomic E-state index is -0.541. The molecule has 0 saturated heterocycles. The SMILES string of the molecule is CC(C)N(C(=O)COc1ccc2c(c1)OC(C)(C)CC2=O)c1ccccc1. The van der Waals surface area contributed by atoms with Gasteiger partial charge in [0.05, 0.1) is 12.0 Å². The molecule has 142 valence electrons. The third kappa shape index (κ3) is 4.30. The maximum absolute atomic E-state index is 12.7. The highest BCUT2D eigenvalue weighted by Crippen LogP contribution is 2.35. The highest BCUT2D eigenvalue weighted by atomic mass is 16.5. The first-order valence-corrected chi connectivity index (χ1v) is 9.13. The van der Waals surface area contributed by atoms with Crippen molar-refractivity contribution in [2.45, 2.75) is 45.8 Å². The second-order valence-electron chi connectivity index (χ2n) is 7.60. The van der Waals surface area contributed by atoms with Crippen LogP contribution in [0, 0.1) is 0 Å². The fraction of sp³-hybridized carbons (Fsp3) is 0.364. The fourth-order valence-electron chi connectivity index (χ4n) is 3.26. The van der Waals surface area contributed by atoms with Crippen LogP contribution in [0.5, 0.6) is 11.5 Å². The molecule has 0 spiro atoms. The zero-order valence-corrected chi connectivity index (χ0v) is 16.2. The van der Waals surface area contributed by atoms with Gasteiger partial charge in [0.15, 0.2) is 12.4 Å². The average Bonchev–Trinajstić information content (AvgIpc) is 2.59. The quantitative estimate of drug-likeness (QED) is 0.793. The van der Waals surface area contributed by atoms with Crippen LogP contribution in [0.2, 0.25) is 0 Å². The molecule has 1 aliphatic heterocycles. The van der Waals surface area contributed by atoms with Crippen LogP contribution in [0.1, 0.15) is 44.5 Å². The Hall–Kier alpha value is -2.82. The summed E-state index contributed by atoms with van der Waals surface area (Å²) in [4.78, 5) is 26.6. The van der Waals surface area contributed by atoms with Gasteiger partial charge in [-0.25, -0.2) is 0 Å². The van der Waals surface area contributed by atoms with Gasteiger partial charge < -0.3 is 14.4 Å². The molecule has 0 atom stereocenters. The lowest BCUT2D eigenvalue weighted by Crippen LogP contribution is -2.40. The number of carbonyl (C=O) groups excluding carboxylic acids is 2. The molecule has 2 aromatic rings. The summed E-state index contributed by atoms with van der Waals surface area (Å²) in [6, 6.07) is 14.6. The molecule has 3 rings (SSSR count). The summed E-state index contributed by atoms with van der Waals surface area (Å²) in [6.07, 6.45) is 0.346. The van der Waals surface area contributed by atoms with E-state index in [0.717, 1.165) is 5.69 Å². The molecule has 0 aliphatic carbocycles. The van der Waals surface area contributed by atoms with Crippen LogP contribution in [0.3, 0.4) is 0 Å². The van der Waals surface area contributed by atoms with Crippen LogP contribution < -0.4 is 14.4 Å². The number of hydrogen-bond acceptors (Lipinski definition) is 4. The minimum absolute atomic E-state index is 0.00814. The summed E-state index contributed by atoms with van der Waals surface area (Å²) in [6.45, 7) is 7.59. The van der Waals surface area contributed by atoms with Crippen molar-refractivity contribution in [2.24, 2.45) is 0 Å². The second kappa shape index (κ2) is 7.43. The Morgan fingerprint density at radius 1 is 1.19 bits per heavy atom. The molecule has 1 aliphatic rings. The number of ketones is 1. The highest BCUT2D eigenvalue weighted by Gasteiger charge is 2.32. The van der Waals surface area contributed by atoms with Crippen LogP contribution in [0.15, 0.2) is 48.5 Å². The molecule has 5 heteroatoms. The van der Waals surface area contributed by atoms with Crippen LogP contribution >= 0.6 is 0 Å². The van der Waals surface area contributed by atoms with Crippen molar-refractivity contribution in [2.75, 3.05) is 11.5 Å². The van der Waals surface area contributed by atoms with E-state index >= 15 is 0 Å². The summed E-state index contributed by atoms with van der Waals surface area (Å²) in [5.41, 5.74) is 0.851. The van der Waals surface area contributed by atoms with Crippen molar-refractivity contribution in [1.29, 1.82) is 0 Å². The monoisotopic (exact) mass is 367 g/mol. The fourth-order valence-corrected chi connectivity index (χ4v) is 3.26. The van der Waals surface area contributed by atoms with Gasteiger partial charge in [0.2, 0.25) is 0 Å². The van der Waals surface area contributed by atoms with Crippen LogP contribution in [0.25, 0.3) is 0 Å². The number of para-hydroxylation sites is 1. The van der Waals surface area contributed by atoms with Gasteiger partial charge in [-0.3, -0.25) is 9.59 Å². The maximum atomic E-state index is 12.7. The van der Waals surface area contributed by atoms with E-state index in [9.17, 15) is 9.59 Å². The molecule has 0 aromatic heterocycles. The molecule has 0 unspecified atom stereocenters. The molecule has 27 heavy (non-hydrogen) atoms. The third-order valence-electron chi connectivity index (χ3n) is 4.41. The van der Waals surface area contributed by atoms with Gasteiger partial charge in [-0.05, 0) is 52.0 Å².